The molecule has 0 bridgehead atoms. The highest BCUT2D eigenvalue weighted by Gasteiger charge is 2.41. The first kappa shape index (κ1) is 55.2. The first-order valence-electron chi connectivity index (χ1n) is 24.6. The first-order chi connectivity index (χ1) is 29.3. The van der Waals surface area contributed by atoms with Crippen molar-refractivity contribution < 1.29 is 45.5 Å². The van der Waals surface area contributed by atoms with E-state index < -0.39 is 17.6 Å². The van der Waals surface area contributed by atoms with Crippen LogP contribution < -0.4 is 4.74 Å². The predicted molar refractivity (Wildman–Crippen MR) is 249 cm³/mol. The average Bonchev–Trinajstić information content (AvgIpc) is 3.24. The van der Waals surface area contributed by atoms with Crippen LogP contribution in [0.3, 0.4) is 0 Å². The third-order valence-corrected chi connectivity index (χ3v) is 17.7. The molecule has 0 radical (unpaired) electrons. The lowest BCUT2D eigenvalue weighted by Gasteiger charge is -2.31. The molecule has 1 aliphatic carbocycles. The fourth-order valence-corrected chi connectivity index (χ4v) is 13.5. The highest BCUT2D eigenvalue weighted by Crippen LogP contribution is 2.38. The van der Waals surface area contributed by atoms with Crippen LogP contribution in [0.2, 0.25) is 12.1 Å². The summed E-state index contributed by atoms with van der Waals surface area (Å²) < 4.78 is 61.2. The van der Waals surface area contributed by atoms with Crippen molar-refractivity contribution in [3.05, 3.63) is 29.8 Å². The molecule has 0 spiro atoms. The minimum Gasteiger partial charge on any atom is -0.494 e. The van der Waals surface area contributed by atoms with Crippen molar-refractivity contribution in [3.63, 3.8) is 0 Å². The van der Waals surface area contributed by atoms with Crippen molar-refractivity contribution in [3.8, 4) is 5.75 Å². The van der Waals surface area contributed by atoms with E-state index in [1.165, 1.54) is 82.6 Å². The van der Waals surface area contributed by atoms with Gasteiger partial charge in [-0.05, 0) is 122 Å². The molecule has 352 valence electrons. The maximum atomic E-state index is 6.29. The van der Waals surface area contributed by atoms with E-state index in [0.29, 0.717) is 72.7 Å². The van der Waals surface area contributed by atoms with Gasteiger partial charge in [0.15, 0.2) is 0 Å². The Morgan fingerprint density at radius 3 is 1.33 bits per heavy atom. The van der Waals surface area contributed by atoms with Gasteiger partial charge in [0.1, 0.15) is 5.75 Å². The van der Waals surface area contributed by atoms with E-state index in [1.54, 1.807) is 0 Å². The van der Waals surface area contributed by atoms with Gasteiger partial charge < -0.3 is 45.5 Å². The smallest absolute Gasteiger partial charge is 0.494 e. The third kappa shape index (κ3) is 23.7. The molecule has 2 rings (SSSR count). The Kier molecular flexibility index (Phi) is 31.7. The van der Waals surface area contributed by atoms with Crippen LogP contribution in [-0.2, 0) is 40.8 Å². The molecule has 10 nitrogen and oxygen atoms in total. The highest BCUT2D eigenvalue weighted by atomic mass is 28.4. The van der Waals surface area contributed by atoms with Crippen LogP contribution in [0.15, 0.2) is 24.3 Å². The molecular weight excluding hydrogens is 793 g/mol. The zero-order valence-corrected chi connectivity index (χ0v) is 42.0. The Bertz CT molecular complexity index is 1050. The Labute approximate surface area is 370 Å². The second-order valence-corrected chi connectivity index (χ2v) is 22.4. The predicted octanol–water partition coefficient (Wildman–Crippen LogP) is 12.2. The van der Waals surface area contributed by atoms with Crippen molar-refractivity contribution in [2.24, 2.45) is 11.3 Å². The van der Waals surface area contributed by atoms with E-state index in [1.807, 2.05) is 41.5 Å². The van der Waals surface area contributed by atoms with E-state index >= 15 is 0 Å². The summed E-state index contributed by atoms with van der Waals surface area (Å²) in [5.74, 6) is 2.70. The molecule has 1 aliphatic rings. The van der Waals surface area contributed by atoms with Gasteiger partial charge in [-0.15, -0.1) is 0 Å². The van der Waals surface area contributed by atoms with Crippen LogP contribution in [0.25, 0.3) is 0 Å². The number of benzene rings is 1. The van der Waals surface area contributed by atoms with Crippen LogP contribution in [0.1, 0.15) is 170 Å². The van der Waals surface area contributed by atoms with Crippen molar-refractivity contribution >= 4 is 17.6 Å². The summed E-state index contributed by atoms with van der Waals surface area (Å²) in [7, 11) is -5.38. The minimum atomic E-state index is -2.69. The molecule has 1 aromatic rings. The zero-order valence-electron chi connectivity index (χ0n) is 40.0. The van der Waals surface area contributed by atoms with E-state index in [0.717, 1.165) is 68.6 Å². The number of unbranched alkanes of at least 4 members (excludes halogenated alkanes) is 7. The lowest BCUT2D eigenvalue weighted by atomic mass is 9.77. The van der Waals surface area contributed by atoms with Crippen LogP contribution >= 0.6 is 0 Å². The Balaban J connectivity index is 1.70. The molecule has 12 heteroatoms. The van der Waals surface area contributed by atoms with Crippen molar-refractivity contribution in [2.45, 2.75) is 176 Å². The standard InChI is InChI=1S/C48H92O10Si2/c1-9-16-21-26-44-27-29-45(30-28-44)46-31-33-47(34-32-46)52-38-23-20-18-17-19-22-35-49-41-48(8,42-50-36-24-39-59(53-10-2,54-11-3)55-12-4)43-51-37-25-40-60(56-13-5,57-14-6)58-15-7/h31-34,44-45H,9-30,35-43H2,1-8H3. The van der Waals surface area contributed by atoms with Gasteiger partial charge in [-0.25, -0.2) is 0 Å². The fourth-order valence-electron chi connectivity index (χ4n) is 8.37. The van der Waals surface area contributed by atoms with Gasteiger partial charge in [-0.2, -0.15) is 0 Å². The lowest BCUT2D eigenvalue weighted by Crippen LogP contribution is -2.46. The summed E-state index contributed by atoms with van der Waals surface area (Å²) in [6, 6.07) is 10.5. The number of hydrogen-bond donors (Lipinski definition) is 0. The Hall–Kier alpha value is -0.906. The molecule has 0 saturated heterocycles. The van der Waals surface area contributed by atoms with E-state index in [4.69, 9.17) is 45.5 Å². The van der Waals surface area contributed by atoms with E-state index in [2.05, 4.69) is 38.1 Å². The normalized spacial score (nSPS) is 16.5. The van der Waals surface area contributed by atoms with Gasteiger partial charge in [-0.1, -0.05) is 77.3 Å². The van der Waals surface area contributed by atoms with Crippen LogP contribution in [0, 0.1) is 11.3 Å². The molecular formula is C48H92O10Si2. The molecule has 0 amide bonds. The quantitative estimate of drug-likeness (QED) is 0.0467. The van der Waals surface area contributed by atoms with Crippen LogP contribution in [0.5, 0.6) is 5.75 Å². The summed E-state index contributed by atoms with van der Waals surface area (Å²) in [5, 5.41) is 0. The monoisotopic (exact) mass is 885 g/mol. The molecule has 60 heavy (non-hydrogen) atoms. The van der Waals surface area contributed by atoms with E-state index in [9.17, 15) is 0 Å². The van der Waals surface area contributed by atoms with Crippen molar-refractivity contribution in [1.29, 1.82) is 0 Å². The van der Waals surface area contributed by atoms with Crippen molar-refractivity contribution in [2.75, 3.05) is 85.9 Å². The summed E-state index contributed by atoms with van der Waals surface area (Å²) in [6.45, 7) is 24.3. The molecule has 1 saturated carbocycles. The van der Waals surface area contributed by atoms with Gasteiger partial charge in [0.05, 0.1) is 26.4 Å². The molecule has 0 aliphatic heterocycles. The maximum Gasteiger partial charge on any atom is 0.501 e. The Morgan fingerprint density at radius 2 is 0.900 bits per heavy atom. The Morgan fingerprint density at radius 1 is 0.483 bits per heavy atom. The van der Waals surface area contributed by atoms with E-state index in [-0.39, 0.29) is 5.41 Å². The first-order valence-corrected chi connectivity index (χ1v) is 28.4. The second kappa shape index (κ2) is 34.5. The molecule has 0 N–H and O–H groups in total. The fraction of sp³-hybridized carbons (Fsp3) is 0.875. The summed E-state index contributed by atoms with van der Waals surface area (Å²) >= 11 is 0. The van der Waals surface area contributed by atoms with Gasteiger partial charge in [0, 0.05) is 77.0 Å². The highest BCUT2D eigenvalue weighted by molar-refractivity contribution is 6.61. The summed E-state index contributed by atoms with van der Waals surface area (Å²) in [5.41, 5.74) is 1.22. The lowest BCUT2D eigenvalue weighted by molar-refractivity contribution is -0.0610. The van der Waals surface area contributed by atoms with Crippen molar-refractivity contribution in [1.82, 2.24) is 0 Å². The number of hydrogen-bond acceptors (Lipinski definition) is 10. The van der Waals surface area contributed by atoms with Crippen LogP contribution in [0.4, 0.5) is 0 Å². The summed E-state index contributed by atoms with van der Waals surface area (Å²) in [6.07, 6.45) is 19.6. The number of rotatable bonds is 41. The molecule has 1 aromatic carbocycles. The van der Waals surface area contributed by atoms with Gasteiger partial charge in [0.2, 0.25) is 0 Å². The molecule has 0 heterocycles. The SMILES string of the molecule is CCCCCC1CCC(c2ccc(OCCCCCCCCOCC(C)(COCCC[Si](OCC)(OCC)OCC)COCCC[Si](OCC)(OCC)OCC)cc2)CC1. The second-order valence-electron chi connectivity index (χ2n) is 16.9. The van der Waals surface area contributed by atoms with Gasteiger partial charge >= 0.3 is 17.6 Å². The topological polar surface area (TPSA) is 92.3 Å². The summed E-state index contributed by atoms with van der Waals surface area (Å²) in [4.78, 5) is 0. The largest absolute Gasteiger partial charge is 0.501 e. The third-order valence-electron chi connectivity index (χ3n) is 11.4. The average molecular weight is 885 g/mol. The van der Waals surface area contributed by atoms with Gasteiger partial charge in [0.25, 0.3) is 0 Å². The molecule has 1 fully saturated rings. The molecule has 0 atom stereocenters. The van der Waals surface area contributed by atoms with Crippen LogP contribution in [-0.4, -0.2) is 103 Å². The minimum absolute atomic E-state index is 0.282. The van der Waals surface area contributed by atoms with Gasteiger partial charge in [-0.3, -0.25) is 0 Å². The molecule has 0 aromatic heterocycles. The maximum absolute atomic E-state index is 6.29. The zero-order chi connectivity index (χ0) is 43.6. The number of ether oxygens (including phenoxy) is 4. The molecule has 0 unspecified atom stereocenters.